The number of hydrogen-bond donors (Lipinski definition) is 2. The van der Waals surface area contributed by atoms with E-state index in [-0.39, 0.29) is 17.9 Å². The molecule has 0 aliphatic carbocycles. The molecule has 25 heavy (non-hydrogen) atoms. The lowest BCUT2D eigenvalue weighted by Crippen LogP contribution is -2.58. The van der Waals surface area contributed by atoms with Crippen molar-refractivity contribution >= 4 is 5.97 Å². The molecule has 0 aromatic heterocycles. The Morgan fingerprint density at radius 2 is 1.88 bits per heavy atom. The standard InChI is InChI=1S/C20H39NO4/c1-7-17-20(5,24)18(22)16(4)21(6)12-10-8-9-11-14(2)13-15(3)19(23)25-17/h14-18,22,24H,7-13H2,1-6H3/t14-,15?,16-,17-,18?,20-/m1/s1. The van der Waals surface area contributed by atoms with Crippen molar-refractivity contribution < 1.29 is 19.7 Å². The average Bonchev–Trinajstić information content (AvgIpc) is 2.56. The first-order valence-electron chi connectivity index (χ1n) is 9.92. The summed E-state index contributed by atoms with van der Waals surface area (Å²) >= 11 is 0. The van der Waals surface area contributed by atoms with Crippen LogP contribution in [-0.2, 0) is 9.53 Å². The van der Waals surface area contributed by atoms with Gasteiger partial charge in [-0.15, -0.1) is 0 Å². The third-order valence-corrected chi connectivity index (χ3v) is 5.90. The molecule has 2 unspecified atom stereocenters. The number of likely N-dealkylation sites (N-methyl/N-ethyl adjacent to an activating group) is 1. The van der Waals surface area contributed by atoms with Crippen LogP contribution in [0.2, 0.25) is 0 Å². The zero-order valence-electron chi connectivity index (χ0n) is 17.0. The molecule has 0 bridgehead atoms. The predicted molar refractivity (Wildman–Crippen MR) is 100 cm³/mol. The molecular formula is C20H39NO4. The highest BCUT2D eigenvalue weighted by Gasteiger charge is 2.44. The van der Waals surface area contributed by atoms with Crippen molar-refractivity contribution in [1.29, 1.82) is 0 Å². The van der Waals surface area contributed by atoms with Crippen LogP contribution in [0.15, 0.2) is 0 Å². The summed E-state index contributed by atoms with van der Waals surface area (Å²) in [5, 5.41) is 21.7. The van der Waals surface area contributed by atoms with Crippen LogP contribution in [0.3, 0.4) is 0 Å². The van der Waals surface area contributed by atoms with E-state index in [0.29, 0.717) is 12.3 Å². The summed E-state index contributed by atoms with van der Waals surface area (Å²) in [4.78, 5) is 14.6. The van der Waals surface area contributed by atoms with E-state index >= 15 is 0 Å². The molecular weight excluding hydrogens is 318 g/mol. The van der Waals surface area contributed by atoms with E-state index in [1.807, 2.05) is 27.8 Å². The highest BCUT2D eigenvalue weighted by atomic mass is 16.6. The fourth-order valence-corrected chi connectivity index (χ4v) is 3.84. The van der Waals surface area contributed by atoms with Gasteiger partial charge in [0.05, 0.1) is 5.92 Å². The maximum atomic E-state index is 12.5. The zero-order valence-corrected chi connectivity index (χ0v) is 17.0. The van der Waals surface area contributed by atoms with Gasteiger partial charge in [0, 0.05) is 6.04 Å². The summed E-state index contributed by atoms with van der Waals surface area (Å²) in [6.07, 6.45) is 4.06. The Hall–Kier alpha value is -0.650. The molecule has 1 aliphatic rings. The number of aliphatic hydroxyl groups is 2. The van der Waals surface area contributed by atoms with Gasteiger partial charge in [-0.25, -0.2) is 0 Å². The van der Waals surface area contributed by atoms with E-state index in [0.717, 1.165) is 38.6 Å². The lowest BCUT2D eigenvalue weighted by molar-refractivity contribution is -0.189. The number of esters is 1. The Morgan fingerprint density at radius 1 is 1.24 bits per heavy atom. The number of carbonyl (C=O) groups excluding carboxylic acids is 1. The summed E-state index contributed by atoms with van der Waals surface area (Å²) in [6, 6.07) is -0.218. The SMILES string of the molecule is CC[C@H]1OC(=O)C(C)C[C@H](C)CCCCCN(C)[C@H](C)C(O)[C@]1(C)O. The van der Waals surface area contributed by atoms with Crippen LogP contribution in [0.1, 0.15) is 73.1 Å². The second-order valence-corrected chi connectivity index (χ2v) is 8.32. The number of ether oxygens (including phenoxy) is 1. The highest BCUT2D eigenvalue weighted by molar-refractivity contribution is 5.72. The average molecular weight is 358 g/mol. The van der Waals surface area contributed by atoms with Crippen molar-refractivity contribution in [2.24, 2.45) is 11.8 Å². The lowest BCUT2D eigenvalue weighted by Gasteiger charge is -2.41. The van der Waals surface area contributed by atoms with Gasteiger partial charge in [0.2, 0.25) is 0 Å². The normalized spacial score (nSPS) is 40.8. The van der Waals surface area contributed by atoms with Gasteiger partial charge >= 0.3 is 5.97 Å². The molecule has 148 valence electrons. The number of cyclic esters (lactones) is 1. The molecule has 1 rings (SSSR count). The van der Waals surface area contributed by atoms with Crippen LogP contribution in [0.4, 0.5) is 0 Å². The number of hydrogen-bond acceptors (Lipinski definition) is 5. The van der Waals surface area contributed by atoms with Crippen LogP contribution in [0, 0.1) is 11.8 Å². The van der Waals surface area contributed by atoms with E-state index in [2.05, 4.69) is 11.8 Å². The van der Waals surface area contributed by atoms with Gasteiger partial charge in [-0.3, -0.25) is 4.79 Å². The molecule has 5 heteroatoms. The summed E-state index contributed by atoms with van der Waals surface area (Å²) in [5.41, 5.74) is -1.48. The number of carbonyl (C=O) groups is 1. The molecule has 1 heterocycles. The largest absolute Gasteiger partial charge is 0.459 e. The predicted octanol–water partition coefficient (Wildman–Crippen LogP) is 2.98. The van der Waals surface area contributed by atoms with Crippen LogP contribution >= 0.6 is 0 Å². The van der Waals surface area contributed by atoms with Crippen LogP contribution < -0.4 is 0 Å². The van der Waals surface area contributed by atoms with E-state index in [1.54, 1.807) is 6.92 Å². The molecule has 1 aliphatic heterocycles. The molecule has 2 N–H and O–H groups in total. The molecule has 6 atom stereocenters. The minimum Gasteiger partial charge on any atom is -0.459 e. The van der Waals surface area contributed by atoms with Gasteiger partial charge in [-0.05, 0) is 52.6 Å². The Kier molecular flexibility index (Phi) is 8.85. The first-order chi connectivity index (χ1) is 11.6. The Labute approximate surface area is 153 Å². The minimum absolute atomic E-state index is 0.192. The van der Waals surface area contributed by atoms with Gasteiger partial charge in [0.25, 0.3) is 0 Å². The Bertz CT molecular complexity index is 413. The second-order valence-electron chi connectivity index (χ2n) is 8.32. The number of aliphatic hydroxyl groups excluding tert-OH is 1. The Balaban J connectivity index is 3.00. The molecule has 1 fully saturated rings. The number of rotatable bonds is 1. The summed E-state index contributed by atoms with van der Waals surface area (Å²) in [7, 11) is 1.97. The van der Waals surface area contributed by atoms with E-state index in [9.17, 15) is 15.0 Å². The quantitative estimate of drug-likeness (QED) is 0.706. The first-order valence-corrected chi connectivity index (χ1v) is 9.92. The third-order valence-electron chi connectivity index (χ3n) is 5.90. The number of nitrogens with zero attached hydrogens (tertiary/aromatic N) is 1. The van der Waals surface area contributed by atoms with Crippen LogP contribution in [-0.4, -0.2) is 58.5 Å². The third kappa shape index (κ3) is 6.22. The topological polar surface area (TPSA) is 70.0 Å². The fourth-order valence-electron chi connectivity index (χ4n) is 3.84. The minimum atomic E-state index is -1.48. The molecule has 0 spiro atoms. The van der Waals surface area contributed by atoms with Crippen molar-refractivity contribution in [3.05, 3.63) is 0 Å². The van der Waals surface area contributed by atoms with Crippen molar-refractivity contribution in [3.63, 3.8) is 0 Å². The van der Waals surface area contributed by atoms with E-state index < -0.39 is 17.8 Å². The monoisotopic (exact) mass is 357 g/mol. The lowest BCUT2D eigenvalue weighted by atomic mass is 9.86. The fraction of sp³-hybridized carbons (Fsp3) is 0.950. The maximum absolute atomic E-state index is 12.5. The van der Waals surface area contributed by atoms with Gasteiger partial charge < -0.3 is 19.8 Å². The smallest absolute Gasteiger partial charge is 0.309 e. The molecule has 0 saturated carbocycles. The molecule has 0 aromatic rings. The molecule has 1 saturated heterocycles. The van der Waals surface area contributed by atoms with Gasteiger partial charge in [-0.1, -0.05) is 40.0 Å². The summed E-state index contributed by atoms with van der Waals surface area (Å²) < 4.78 is 5.64. The van der Waals surface area contributed by atoms with Crippen molar-refractivity contribution in [2.45, 2.75) is 97.0 Å². The van der Waals surface area contributed by atoms with Crippen LogP contribution in [0.5, 0.6) is 0 Å². The molecule has 0 amide bonds. The zero-order chi connectivity index (χ0) is 19.2. The highest BCUT2D eigenvalue weighted by Crippen LogP contribution is 2.27. The van der Waals surface area contributed by atoms with Gasteiger partial charge in [-0.2, -0.15) is 0 Å². The van der Waals surface area contributed by atoms with Gasteiger partial charge in [0.1, 0.15) is 17.8 Å². The molecule has 5 nitrogen and oxygen atoms in total. The molecule has 0 radical (unpaired) electrons. The van der Waals surface area contributed by atoms with Gasteiger partial charge in [0.15, 0.2) is 0 Å². The van der Waals surface area contributed by atoms with E-state index in [4.69, 9.17) is 4.74 Å². The molecule has 0 aromatic carbocycles. The second kappa shape index (κ2) is 9.89. The first kappa shape index (κ1) is 22.4. The summed E-state index contributed by atoms with van der Waals surface area (Å²) in [5.74, 6) is 0.0137. The maximum Gasteiger partial charge on any atom is 0.309 e. The summed E-state index contributed by atoms with van der Waals surface area (Å²) in [6.45, 7) is 10.3. The van der Waals surface area contributed by atoms with Crippen molar-refractivity contribution in [1.82, 2.24) is 4.90 Å². The van der Waals surface area contributed by atoms with Crippen molar-refractivity contribution in [2.75, 3.05) is 13.6 Å². The van der Waals surface area contributed by atoms with Crippen LogP contribution in [0.25, 0.3) is 0 Å². The Morgan fingerprint density at radius 3 is 2.48 bits per heavy atom. The van der Waals surface area contributed by atoms with E-state index in [1.165, 1.54) is 0 Å². The van der Waals surface area contributed by atoms with Crippen molar-refractivity contribution in [3.8, 4) is 0 Å².